The summed E-state index contributed by atoms with van der Waals surface area (Å²) in [6, 6.07) is 13.1. The highest BCUT2D eigenvalue weighted by Crippen LogP contribution is 2.20. The second-order valence-corrected chi connectivity index (χ2v) is 8.94. The number of carbonyl (C=O) groups excluding carboxylic acids is 1. The van der Waals surface area contributed by atoms with Crippen LogP contribution in [0.3, 0.4) is 0 Å². The summed E-state index contributed by atoms with van der Waals surface area (Å²) in [6.07, 6.45) is 0.236. The minimum Gasteiger partial charge on any atom is -0.508 e. The Kier molecular flexibility index (Phi) is 5.64. The normalized spacial score (nSPS) is 15.8. The standard InChI is InChI=1S/C18H19BrN2O4S/c19-15-3-7-17(8-4-15)26(24,25)21-11-9-20(10-12-21)18(23)13-14-1-5-16(22)6-2-14/h1-8,22H,9-13H2. The predicted octanol–water partition coefficient (Wildman–Crippen LogP) is 2.23. The van der Waals surface area contributed by atoms with Gasteiger partial charge in [0, 0.05) is 30.7 Å². The van der Waals surface area contributed by atoms with E-state index < -0.39 is 10.0 Å². The molecule has 0 radical (unpaired) electrons. The maximum atomic E-state index is 12.7. The number of piperazine rings is 1. The first kappa shape index (κ1) is 18.9. The summed E-state index contributed by atoms with van der Waals surface area (Å²) >= 11 is 3.30. The van der Waals surface area contributed by atoms with Crippen molar-refractivity contribution < 1.29 is 18.3 Å². The average molecular weight is 439 g/mol. The van der Waals surface area contributed by atoms with Gasteiger partial charge in [-0.15, -0.1) is 0 Å². The van der Waals surface area contributed by atoms with Crippen LogP contribution in [-0.2, 0) is 21.2 Å². The molecule has 1 aliphatic rings. The van der Waals surface area contributed by atoms with Crippen molar-refractivity contribution in [2.75, 3.05) is 26.2 Å². The summed E-state index contributed by atoms with van der Waals surface area (Å²) in [5.41, 5.74) is 0.817. The third-order valence-electron chi connectivity index (χ3n) is 4.33. The van der Waals surface area contributed by atoms with Gasteiger partial charge in [0.2, 0.25) is 15.9 Å². The van der Waals surface area contributed by atoms with Crippen molar-refractivity contribution in [1.82, 2.24) is 9.21 Å². The third-order valence-corrected chi connectivity index (χ3v) is 6.78. The number of phenols is 1. The highest BCUT2D eigenvalue weighted by molar-refractivity contribution is 9.10. The molecule has 1 heterocycles. The van der Waals surface area contributed by atoms with Crippen LogP contribution in [0.15, 0.2) is 57.9 Å². The van der Waals surface area contributed by atoms with Gasteiger partial charge in [0.15, 0.2) is 0 Å². The van der Waals surface area contributed by atoms with Gasteiger partial charge in [-0.3, -0.25) is 4.79 Å². The molecule has 1 fully saturated rings. The van der Waals surface area contributed by atoms with Crippen molar-refractivity contribution in [2.45, 2.75) is 11.3 Å². The summed E-state index contributed by atoms with van der Waals surface area (Å²) < 4.78 is 27.6. The Morgan fingerprint density at radius 2 is 1.54 bits per heavy atom. The van der Waals surface area contributed by atoms with Crippen molar-refractivity contribution in [1.29, 1.82) is 0 Å². The van der Waals surface area contributed by atoms with Crippen LogP contribution < -0.4 is 0 Å². The molecule has 0 aromatic heterocycles. The van der Waals surface area contributed by atoms with Gasteiger partial charge >= 0.3 is 0 Å². The van der Waals surface area contributed by atoms with Gasteiger partial charge < -0.3 is 10.0 Å². The van der Waals surface area contributed by atoms with Gasteiger partial charge in [0.05, 0.1) is 11.3 Å². The fraction of sp³-hybridized carbons (Fsp3) is 0.278. The number of rotatable bonds is 4. The monoisotopic (exact) mass is 438 g/mol. The average Bonchev–Trinajstić information content (AvgIpc) is 2.64. The zero-order valence-electron chi connectivity index (χ0n) is 14.0. The van der Waals surface area contributed by atoms with Gasteiger partial charge in [-0.1, -0.05) is 28.1 Å². The minimum absolute atomic E-state index is 0.0450. The molecule has 0 saturated carbocycles. The minimum atomic E-state index is -3.54. The highest BCUT2D eigenvalue weighted by Gasteiger charge is 2.30. The van der Waals surface area contributed by atoms with Crippen LogP contribution in [0.25, 0.3) is 0 Å². The predicted molar refractivity (Wildman–Crippen MR) is 101 cm³/mol. The van der Waals surface area contributed by atoms with Crippen LogP contribution in [-0.4, -0.2) is 54.8 Å². The zero-order valence-corrected chi connectivity index (χ0v) is 16.4. The topological polar surface area (TPSA) is 77.9 Å². The lowest BCUT2D eigenvalue weighted by molar-refractivity contribution is -0.131. The van der Waals surface area contributed by atoms with Crippen LogP contribution in [0.1, 0.15) is 5.56 Å². The second kappa shape index (κ2) is 7.77. The number of hydrogen-bond acceptors (Lipinski definition) is 4. The number of aromatic hydroxyl groups is 1. The Labute approximate surface area is 161 Å². The molecule has 1 N–H and O–H groups in total. The fourth-order valence-corrected chi connectivity index (χ4v) is 4.52. The SMILES string of the molecule is O=C(Cc1ccc(O)cc1)N1CCN(S(=O)(=O)c2ccc(Br)cc2)CC1. The number of amides is 1. The van der Waals surface area contributed by atoms with E-state index in [4.69, 9.17) is 0 Å². The molecule has 0 atom stereocenters. The largest absolute Gasteiger partial charge is 0.508 e. The van der Waals surface area contributed by atoms with Crippen molar-refractivity contribution in [3.8, 4) is 5.75 Å². The maximum Gasteiger partial charge on any atom is 0.243 e. The van der Waals surface area contributed by atoms with Crippen LogP contribution >= 0.6 is 15.9 Å². The molecule has 0 aliphatic carbocycles. The van der Waals surface area contributed by atoms with Gasteiger partial charge in [0.1, 0.15) is 5.75 Å². The van der Waals surface area contributed by atoms with E-state index in [2.05, 4.69) is 15.9 Å². The molecule has 1 amide bonds. The lowest BCUT2D eigenvalue weighted by Gasteiger charge is -2.34. The van der Waals surface area contributed by atoms with Crippen LogP contribution in [0.4, 0.5) is 0 Å². The maximum absolute atomic E-state index is 12.7. The number of sulfonamides is 1. The molecule has 26 heavy (non-hydrogen) atoms. The first-order valence-corrected chi connectivity index (χ1v) is 10.4. The Morgan fingerprint density at radius 1 is 0.962 bits per heavy atom. The molecule has 3 rings (SSSR count). The van der Waals surface area contributed by atoms with Crippen molar-refractivity contribution in [3.05, 3.63) is 58.6 Å². The summed E-state index contributed by atoms with van der Waals surface area (Å²) in [7, 11) is -3.54. The van der Waals surface area contributed by atoms with Crippen LogP contribution in [0.5, 0.6) is 5.75 Å². The molecule has 6 nitrogen and oxygen atoms in total. The van der Waals surface area contributed by atoms with Crippen molar-refractivity contribution in [3.63, 3.8) is 0 Å². The number of nitrogens with zero attached hydrogens (tertiary/aromatic N) is 2. The lowest BCUT2D eigenvalue weighted by Crippen LogP contribution is -2.50. The summed E-state index contributed by atoms with van der Waals surface area (Å²) in [4.78, 5) is 14.3. The zero-order chi connectivity index (χ0) is 18.7. The molecular formula is C18H19BrN2O4S. The lowest BCUT2D eigenvalue weighted by atomic mass is 10.1. The molecule has 0 bridgehead atoms. The highest BCUT2D eigenvalue weighted by atomic mass is 79.9. The first-order valence-electron chi connectivity index (χ1n) is 8.18. The quantitative estimate of drug-likeness (QED) is 0.793. The van der Waals surface area contributed by atoms with Crippen molar-refractivity contribution in [2.24, 2.45) is 0 Å². The molecule has 2 aromatic rings. The van der Waals surface area contributed by atoms with E-state index in [1.165, 1.54) is 4.31 Å². The second-order valence-electron chi connectivity index (χ2n) is 6.08. The van der Waals surface area contributed by atoms with Crippen LogP contribution in [0.2, 0.25) is 0 Å². The van der Waals surface area contributed by atoms with E-state index in [9.17, 15) is 18.3 Å². The Hall–Kier alpha value is -1.90. The van der Waals surface area contributed by atoms with Gasteiger partial charge in [-0.25, -0.2) is 8.42 Å². The molecule has 138 valence electrons. The summed E-state index contributed by atoms with van der Waals surface area (Å²) in [5, 5.41) is 9.29. The molecule has 0 spiro atoms. The van der Waals surface area contributed by atoms with E-state index >= 15 is 0 Å². The number of halogens is 1. The smallest absolute Gasteiger partial charge is 0.243 e. The Bertz CT molecular complexity index is 874. The van der Waals surface area contributed by atoms with E-state index in [0.29, 0.717) is 13.1 Å². The van der Waals surface area contributed by atoms with Crippen molar-refractivity contribution >= 4 is 31.9 Å². The molecule has 2 aromatic carbocycles. The summed E-state index contributed by atoms with van der Waals surface area (Å²) in [6.45, 7) is 1.29. The Balaban J connectivity index is 1.60. The van der Waals surface area contributed by atoms with E-state index in [1.54, 1.807) is 53.4 Å². The number of carbonyl (C=O) groups is 1. The first-order chi connectivity index (χ1) is 12.4. The van der Waals surface area contributed by atoms with Gasteiger partial charge in [-0.05, 0) is 42.0 Å². The summed E-state index contributed by atoms with van der Waals surface area (Å²) in [5.74, 6) is 0.115. The third kappa shape index (κ3) is 4.25. The van der Waals surface area contributed by atoms with E-state index in [-0.39, 0.29) is 36.1 Å². The number of hydrogen-bond donors (Lipinski definition) is 1. The molecule has 8 heteroatoms. The molecule has 1 aliphatic heterocycles. The fourth-order valence-electron chi connectivity index (χ4n) is 2.83. The number of benzene rings is 2. The molecule has 0 unspecified atom stereocenters. The van der Waals surface area contributed by atoms with E-state index in [1.807, 2.05) is 0 Å². The number of phenolic OH excluding ortho intramolecular Hbond substituents is 1. The van der Waals surface area contributed by atoms with Crippen LogP contribution in [0, 0.1) is 0 Å². The van der Waals surface area contributed by atoms with E-state index in [0.717, 1.165) is 10.0 Å². The molecule has 1 saturated heterocycles. The van der Waals surface area contributed by atoms with Gasteiger partial charge in [-0.2, -0.15) is 4.31 Å². The molecular weight excluding hydrogens is 420 g/mol. The van der Waals surface area contributed by atoms with Gasteiger partial charge in [0.25, 0.3) is 0 Å². The Morgan fingerprint density at radius 3 is 2.12 bits per heavy atom.